The lowest BCUT2D eigenvalue weighted by atomic mass is 9.87. The maximum absolute atomic E-state index is 13.7. The first-order chi connectivity index (χ1) is 18.4. The summed E-state index contributed by atoms with van der Waals surface area (Å²) < 4.78 is 40.5. The third-order valence-corrected chi connectivity index (χ3v) is 9.21. The van der Waals surface area contributed by atoms with Gasteiger partial charge in [0.2, 0.25) is 9.84 Å². The minimum absolute atomic E-state index is 0.0833. The third-order valence-electron chi connectivity index (χ3n) is 7.34. The summed E-state index contributed by atoms with van der Waals surface area (Å²) in [5.41, 5.74) is 4.26. The Morgan fingerprint density at radius 2 is 1.84 bits per heavy atom. The summed E-state index contributed by atoms with van der Waals surface area (Å²) >= 11 is 0. The lowest BCUT2D eigenvalue weighted by molar-refractivity contribution is 0.302. The van der Waals surface area contributed by atoms with E-state index in [0.29, 0.717) is 28.8 Å². The molecule has 0 aliphatic heterocycles. The Labute approximate surface area is 225 Å². The van der Waals surface area contributed by atoms with Crippen LogP contribution in [0.25, 0.3) is 5.52 Å². The monoisotopic (exact) mass is 532 g/mol. The molecule has 0 saturated carbocycles. The van der Waals surface area contributed by atoms with Crippen LogP contribution in [-0.4, -0.2) is 33.1 Å². The van der Waals surface area contributed by atoms with Crippen molar-refractivity contribution in [2.45, 2.75) is 61.3 Å². The normalized spacial score (nSPS) is 15.5. The minimum Gasteiger partial charge on any atom is -0.497 e. The fourth-order valence-corrected chi connectivity index (χ4v) is 7.09. The molecule has 2 aromatic carbocycles. The highest BCUT2D eigenvalue weighted by atomic mass is 32.2. The summed E-state index contributed by atoms with van der Waals surface area (Å²) in [4.78, 5) is 0.659. The average Bonchev–Trinajstić information content (AvgIpc) is 3.34. The van der Waals surface area contributed by atoms with Crippen molar-refractivity contribution in [3.63, 3.8) is 0 Å². The van der Waals surface area contributed by atoms with Crippen molar-refractivity contribution in [2.24, 2.45) is 0 Å². The molecule has 0 spiro atoms. The van der Waals surface area contributed by atoms with Crippen molar-refractivity contribution in [2.75, 3.05) is 20.3 Å². The number of aryl methyl sites for hydroxylation is 1. The van der Waals surface area contributed by atoms with Gasteiger partial charge in [-0.1, -0.05) is 26.0 Å². The quantitative estimate of drug-likeness (QED) is 0.241. The Kier molecular flexibility index (Phi) is 7.77. The van der Waals surface area contributed by atoms with Crippen LogP contribution in [0.15, 0.2) is 82.8 Å². The van der Waals surface area contributed by atoms with Crippen molar-refractivity contribution in [3.05, 3.63) is 89.7 Å². The fourth-order valence-electron chi connectivity index (χ4n) is 5.31. The fraction of sp³-hybridized carbons (Fsp3) is 0.355. The molecule has 6 nitrogen and oxygen atoms in total. The molecule has 4 aromatic rings. The maximum atomic E-state index is 13.7. The molecular formula is C31H36N2O4S. The number of rotatable bonds is 10. The zero-order valence-corrected chi connectivity index (χ0v) is 23.1. The van der Waals surface area contributed by atoms with Crippen LogP contribution in [0.2, 0.25) is 0 Å². The second-order valence-electron chi connectivity index (χ2n) is 10.2. The van der Waals surface area contributed by atoms with Crippen LogP contribution in [0.4, 0.5) is 0 Å². The van der Waals surface area contributed by atoms with Crippen molar-refractivity contribution in [1.82, 2.24) is 9.72 Å². The van der Waals surface area contributed by atoms with Gasteiger partial charge in [-0.25, -0.2) is 8.42 Å². The van der Waals surface area contributed by atoms with Crippen LogP contribution >= 0.6 is 0 Å². The van der Waals surface area contributed by atoms with Gasteiger partial charge in [-0.05, 0) is 103 Å². The molecule has 1 aliphatic rings. The van der Waals surface area contributed by atoms with E-state index in [2.05, 4.69) is 17.4 Å². The topological polar surface area (TPSA) is 69.0 Å². The van der Waals surface area contributed by atoms with Crippen molar-refractivity contribution in [1.29, 1.82) is 0 Å². The zero-order valence-electron chi connectivity index (χ0n) is 22.3. The molecular weight excluding hydrogens is 496 g/mol. The number of sulfone groups is 1. The van der Waals surface area contributed by atoms with Gasteiger partial charge in [0.1, 0.15) is 16.4 Å². The highest BCUT2D eigenvalue weighted by Crippen LogP contribution is 2.35. The minimum atomic E-state index is -3.68. The highest BCUT2D eigenvalue weighted by molar-refractivity contribution is 7.91. The second-order valence-corrected chi connectivity index (χ2v) is 12.1. The van der Waals surface area contributed by atoms with E-state index >= 15 is 0 Å². The summed E-state index contributed by atoms with van der Waals surface area (Å²) in [5.74, 6) is 1.65. The van der Waals surface area contributed by atoms with Crippen molar-refractivity contribution >= 4 is 15.4 Å². The molecule has 2 heterocycles. The van der Waals surface area contributed by atoms with Gasteiger partial charge in [0.25, 0.3) is 0 Å². The number of aromatic nitrogens is 1. The zero-order chi connectivity index (χ0) is 26.7. The van der Waals surface area contributed by atoms with Crippen LogP contribution in [0.1, 0.15) is 61.8 Å². The Bertz CT molecular complexity index is 1510. The molecule has 0 saturated heterocycles. The molecule has 7 heteroatoms. The Hall–Kier alpha value is -3.29. The van der Waals surface area contributed by atoms with Gasteiger partial charge in [0.15, 0.2) is 0 Å². The van der Waals surface area contributed by atoms with Gasteiger partial charge in [-0.15, -0.1) is 0 Å². The maximum Gasteiger partial charge on any atom is 0.209 e. The number of hydrogen-bond donors (Lipinski definition) is 1. The van der Waals surface area contributed by atoms with E-state index in [1.807, 2.05) is 54.9 Å². The molecule has 1 aliphatic carbocycles. The lowest BCUT2D eigenvalue weighted by Crippen LogP contribution is -2.27. The van der Waals surface area contributed by atoms with E-state index in [0.717, 1.165) is 37.1 Å². The number of fused-ring (bicyclic) bond motifs is 2. The first-order valence-corrected chi connectivity index (χ1v) is 14.8. The standard InChI is InChI=1S/C31H36N2O4S/c1-22(2)28-21-33-18-5-4-10-30(33)31(28)38(34,35)26-15-13-24(14-16-26)37-19-7-17-32-29-9-6-8-23-11-12-25(36-3)20-27(23)29/h4-5,10-16,18,20-22,29,32H,6-9,17,19H2,1-3H3. The molecule has 1 N–H and O–H groups in total. The Balaban J connectivity index is 1.20. The Morgan fingerprint density at radius 1 is 1.05 bits per heavy atom. The van der Waals surface area contributed by atoms with Gasteiger partial charge in [-0.2, -0.15) is 0 Å². The molecule has 0 amide bonds. The largest absolute Gasteiger partial charge is 0.497 e. The van der Waals surface area contributed by atoms with Crippen LogP contribution in [0.5, 0.6) is 11.5 Å². The predicted molar refractivity (Wildman–Crippen MR) is 150 cm³/mol. The van der Waals surface area contributed by atoms with E-state index in [-0.39, 0.29) is 10.8 Å². The number of pyridine rings is 1. The molecule has 5 rings (SSSR count). The van der Waals surface area contributed by atoms with Crippen LogP contribution in [-0.2, 0) is 16.3 Å². The summed E-state index contributed by atoms with van der Waals surface area (Å²) in [6.45, 7) is 5.43. The SMILES string of the molecule is COc1ccc2c(c1)C(NCCCOc1ccc(S(=O)(=O)c3c(C(C)C)cn4ccccc34)cc1)CCC2. The molecule has 200 valence electrons. The number of nitrogens with zero attached hydrogens (tertiary/aromatic N) is 1. The average molecular weight is 533 g/mol. The van der Waals surface area contributed by atoms with E-state index in [4.69, 9.17) is 9.47 Å². The number of nitrogens with one attached hydrogen (secondary N) is 1. The van der Waals surface area contributed by atoms with Crippen molar-refractivity contribution in [3.8, 4) is 11.5 Å². The summed E-state index contributed by atoms with van der Waals surface area (Å²) in [6, 6.07) is 19.1. The molecule has 1 unspecified atom stereocenters. The third kappa shape index (κ3) is 5.31. The first-order valence-electron chi connectivity index (χ1n) is 13.4. The molecule has 38 heavy (non-hydrogen) atoms. The van der Waals surface area contributed by atoms with Gasteiger partial charge in [-0.3, -0.25) is 0 Å². The Morgan fingerprint density at radius 3 is 2.61 bits per heavy atom. The number of benzene rings is 2. The van der Waals surface area contributed by atoms with E-state index in [1.54, 1.807) is 31.4 Å². The number of ether oxygens (including phenoxy) is 2. The highest BCUT2D eigenvalue weighted by Gasteiger charge is 2.27. The first kappa shape index (κ1) is 26.3. The van der Waals surface area contributed by atoms with Crippen LogP contribution in [0, 0.1) is 0 Å². The van der Waals surface area contributed by atoms with Crippen LogP contribution < -0.4 is 14.8 Å². The molecule has 0 fully saturated rings. The van der Waals surface area contributed by atoms with E-state index in [1.165, 1.54) is 17.5 Å². The van der Waals surface area contributed by atoms with Gasteiger partial charge < -0.3 is 19.2 Å². The van der Waals surface area contributed by atoms with Crippen molar-refractivity contribution < 1.29 is 17.9 Å². The van der Waals surface area contributed by atoms with E-state index < -0.39 is 9.84 Å². The van der Waals surface area contributed by atoms with Gasteiger partial charge in [0.05, 0.1) is 24.1 Å². The van der Waals surface area contributed by atoms with Crippen LogP contribution in [0.3, 0.4) is 0 Å². The molecule has 0 radical (unpaired) electrons. The van der Waals surface area contributed by atoms with Gasteiger partial charge in [0, 0.05) is 18.4 Å². The van der Waals surface area contributed by atoms with E-state index in [9.17, 15) is 8.42 Å². The number of hydrogen-bond acceptors (Lipinski definition) is 5. The predicted octanol–water partition coefficient (Wildman–Crippen LogP) is 6.34. The summed E-state index contributed by atoms with van der Waals surface area (Å²) in [5, 5.41) is 3.67. The number of methoxy groups -OCH3 is 1. The smallest absolute Gasteiger partial charge is 0.209 e. The van der Waals surface area contributed by atoms with Gasteiger partial charge >= 0.3 is 0 Å². The summed E-state index contributed by atoms with van der Waals surface area (Å²) in [7, 11) is -1.97. The molecule has 1 atom stereocenters. The molecule has 2 aromatic heterocycles. The lowest BCUT2D eigenvalue weighted by Gasteiger charge is -2.27. The second kappa shape index (κ2) is 11.2. The summed E-state index contributed by atoms with van der Waals surface area (Å²) in [6.07, 6.45) is 8.07. The molecule has 0 bridgehead atoms.